The van der Waals surface area contributed by atoms with Gasteiger partial charge in [0, 0.05) is 6.04 Å². The summed E-state index contributed by atoms with van der Waals surface area (Å²) in [5.41, 5.74) is 0.419. The van der Waals surface area contributed by atoms with Gasteiger partial charge in [-0.15, -0.1) is 0 Å². The molecule has 0 aliphatic carbocycles. The Morgan fingerprint density at radius 1 is 1.50 bits per heavy atom. The number of hydrogen-bond acceptors (Lipinski definition) is 4. The van der Waals surface area contributed by atoms with Crippen LogP contribution in [0.5, 0.6) is 5.75 Å². The van der Waals surface area contributed by atoms with Crippen molar-refractivity contribution in [1.82, 2.24) is 4.72 Å². The smallest absolute Gasteiger partial charge is 0.304 e. The normalized spacial score (nSPS) is 12.9. The van der Waals surface area contributed by atoms with Gasteiger partial charge in [0.2, 0.25) is 10.0 Å². The molecule has 0 bridgehead atoms. The van der Waals surface area contributed by atoms with Gasteiger partial charge in [0.05, 0.1) is 19.3 Å². The third-order valence-electron chi connectivity index (χ3n) is 2.62. The number of carboxylic acid groups (broad SMARTS) is 1. The van der Waals surface area contributed by atoms with Crippen molar-refractivity contribution in [3.8, 4) is 5.75 Å². The minimum Gasteiger partial charge on any atom is -0.494 e. The molecule has 20 heavy (non-hydrogen) atoms. The summed E-state index contributed by atoms with van der Waals surface area (Å²) in [5.74, 6) is -2.25. The van der Waals surface area contributed by atoms with Crippen molar-refractivity contribution < 1.29 is 27.4 Å². The maximum atomic E-state index is 13.5. The second-order valence-electron chi connectivity index (χ2n) is 4.20. The summed E-state index contributed by atoms with van der Waals surface area (Å²) >= 11 is 0. The van der Waals surface area contributed by atoms with Gasteiger partial charge in [-0.3, -0.25) is 4.79 Å². The van der Waals surface area contributed by atoms with Crippen LogP contribution in [-0.4, -0.2) is 32.4 Å². The summed E-state index contributed by atoms with van der Waals surface area (Å²) in [7, 11) is -2.41. The molecule has 1 aromatic carbocycles. The third-order valence-corrected chi connectivity index (χ3v) is 4.07. The van der Waals surface area contributed by atoms with Crippen LogP contribution >= 0.6 is 0 Å². The molecule has 0 amide bonds. The zero-order valence-electron chi connectivity index (χ0n) is 11.1. The van der Waals surface area contributed by atoms with E-state index >= 15 is 0 Å². The predicted molar refractivity (Wildman–Crippen MR) is 70.5 cm³/mol. The number of hydrogen-bond donors (Lipinski definition) is 2. The molecule has 0 saturated heterocycles. The Morgan fingerprint density at radius 3 is 2.65 bits per heavy atom. The van der Waals surface area contributed by atoms with E-state index in [-0.39, 0.29) is 5.75 Å². The molecule has 2 N–H and O–H groups in total. The molecule has 0 heterocycles. The molecule has 1 unspecified atom stereocenters. The second kappa shape index (κ2) is 6.67. The number of benzene rings is 1. The van der Waals surface area contributed by atoms with Crippen LogP contribution < -0.4 is 9.46 Å². The average molecular weight is 305 g/mol. The van der Waals surface area contributed by atoms with E-state index < -0.39 is 40.0 Å². The SMILES string of the molecule is COc1ccc(C(C)NS(=O)(=O)CCC(=O)O)cc1F. The second-order valence-corrected chi connectivity index (χ2v) is 6.07. The van der Waals surface area contributed by atoms with E-state index in [0.29, 0.717) is 5.56 Å². The fourth-order valence-electron chi connectivity index (χ4n) is 1.57. The lowest BCUT2D eigenvalue weighted by atomic mass is 10.1. The molecule has 1 aromatic rings. The molecule has 0 radical (unpaired) electrons. The van der Waals surface area contributed by atoms with Crippen molar-refractivity contribution in [2.75, 3.05) is 12.9 Å². The van der Waals surface area contributed by atoms with Crippen molar-refractivity contribution in [3.05, 3.63) is 29.6 Å². The van der Waals surface area contributed by atoms with Gasteiger partial charge in [0.25, 0.3) is 0 Å². The van der Waals surface area contributed by atoms with Gasteiger partial charge < -0.3 is 9.84 Å². The van der Waals surface area contributed by atoms with Crippen molar-refractivity contribution in [2.45, 2.75) is 19.4 Å². The van der Waals surface area contributed by atoms with Crippen LogP contribution in [0.15, 0.2) is 18.2 Å². The zero-order valence-corrected chi connectivity index (χ0v) is 11.9. The topological polar surface area (TPSA) is 92.7 Å². The molecule has 8 heteroatoms. The summed E-state index contributed by atoms with van der Waals surface area (Å²) in [6, 6.07) is 3.43. The van der Waals surface area contributed by atoms with Crippen molar-refractivity contribution in [2.24, 2.45) is 0 Å². The Balaban J connectivity index is 2.78. The van der Waals surface area contributed by atoms with Crippen LogP contribution in [0, 0.1) is 5.82 Å². The van der Waals surface area contributed by atoms with Gasteiger partial charge in [-0.1, -0.05) is 6.07 Å². The quantitative estimate of drug-likeness (QED) is 0.792. The van der Waals surface area contributed by atoms with E-state index in [1.54, 1.807) is 6.92 Å². The van der Waals surface area contributed by atoms with Crippen LogP contribution in [0.25, 0.3) is 0 Å². The first-order valence-electron chi connectivity index (χ1n) is 5.80. The number of carboxylic acids is 1. The molecule has 1 atom stereocenters. The minimum absolute atomic E-state index is 0.0645. The summed E-state index contributed by atoms with van der Waals surface area (Å²) < 4.78 is 43.8. The number of halogens is 1. The molecule has 0 aromatic heterocycles. The first-order chi connectivity index (χ1) is 9.25. The number of ether oxygens (including phenoxy) is 1. The average Bonchev–Trinajstić information content (AvgIpc) is 2.36. The standard InChI is InChI=1S/C12H16FNO5S/c1-8(14-20(17,18)6-5-12(15)16)9-3-4-11(19-2)10(13)7-9/h3-4,7-8,14H,5-6H2,1-2H3,(H,15,16). The van der Waals surface area contributed by atoms with E-state index in [9.17, 15) is 17.6 Å². The highest BCUT2D eigenvalue weighted by Gasteiger charge is 2.18. The molecule has 0 aliphatic rings. The van der Waals surface area contributed by atoms with E-state index in [1.807, 2.05) is 0 Å². The lowest BCUT2D eigenvalue weighted by molar-refractivity contribution is -0.136. The Morgan fingerprint density at radius 2 is 2.15 bits per heavy atom. The highest BCUT2D eigenvalue weighted by Crippen LogP contribution is 2.22. The first-order valence-corrected chi connectivity index (χ1v) is 7.45. The van der Waals surface area contributed by atoms with Gasteiger partial charge in [0.1, 0.15) is 0 Å². The van der Waals surface area contributed by atoms with Gasteiger partial charge in [-0.2, -0.15) is 0 Å². The molecule has 0 saturated carbocycles. The number of rotatable bonds is 7. The van der Waals surface area contributed by atoms with E-state index in [1.165, 1.54) is 25.3 Å². The maximum Gasteiger partial charge on any atom is 0.304 e. The van der Waals surface area contributed by atoms with Crippen LogP contribution in [0.4, 0.5) is 4.39 Å². The summed E-state index contributed by atoms with van der Waals surface area (Å²) in [6.07, 6.45) is -0.487. The van der Waals surface area contributed by atoms with Crippen LogP contribution in [0.2, 0.25) is 0 Å². The summed E-state index contributed by atoms with van der Waals surface area (Å²) in [6.45, 7) is 1.54. The Hall–Kier alpha value is -1.67. The Labute approximate surface area is 116 Å². The fourth-order valence-corrected chi connectivity index (χ4v) is 2.81. The highest BCUT2D eigenvalue weighted by molar-refractivity contribution is 7.89. The largest absolute Gasteiger partial charge is 0.494 e. The van der Waals surface area contributed by atoms with Crippen molar-refractivity contribution in [3.63, 3.8) is 0 Å². The highest BCUT2D eigenvalue weighted by atomic mass is 32.2. The number of sulfonamides is 1. The van der Waals surface area contributed by atoms with Crippen LogP contribution in [-0.2, 0) is 14.8 Å². The maximum absolute atomic E-state index is 13.5. The predicted octanol–water partition coefficient (Wildman–Crippen LogP) is 1.29. The van der Waals surface area contributed by atoms with Gasteiger partial charge >= 0.3 is 5.97 Å². The van der Waals surface area contributed by atoms with Crippen molar-refractivity contribution in [1.29, 1.82) is 0 Å². The Bertz CT molecular complexity index is 588. The monoisotopic (exact) mass is 305 g/mol. The summed E-state index contributed by atoms with van der Waals surface area (Å²) in [4.78, 5) is 10.4. The first kappa shape index (κ1) is 16.4. The van der Waals surface area contributed by atoms with E-state index in [2.05, 4.69) is 4.72 Å². The molecule has 112 valence electrons. The molecule has 1 rings (SSSR count). The lowest BCUT2D eigenvalue weighted by Crippen LogP contribution is -2.30. The number of methoxy groups -OCH3 is 1. The third kappa shape index (κ3) is 4.78. The molecule has 0 spiro atoms. The van der Waals surface area contributed by atoms with Gasteiger partial charge in [-0.25, -0.2) is 17.5 Å². The molecular weight excluding hydrogens is 289 g/mol. The molecule has 0 fully saturated rings. The minimum atomic E-state index is -3.74. The zero-order chi connectivity index (χ0) is 15.3. The molecular formula is C12H16FNO5S. The van der Waals surface area contributed by atoms with E-state index in [0.717, 1.165) is 0 Å². The summed E-state index contributed by atoms with van der Waals surface area (Å²) in [5, 5.41) is 8.47. The van der Waals surface area contributed by atoms with Gasteiger partial charge in [-0.05, 0) is 24.6 Å². The number of carbonyl (C=O) groups is 1. The van der Waals surface area contributed by atoms with E-state index in [4.69, 9.17) is 9.84 Å². The lowest BCUT2D eigenvalue weighted by Gasteiger charge is -2.15. The van der Waals surface area contributed by atoms with Crippen LogP contribution in [0.3, 0.4) is 0 Å². The Kier molecular flexibility index (Phi) is 5.46. The van der Waals surface area contributed by atoms with Crippen LogP contribution in [0.1, 0.15) is 24.9 Å². The molecule has 6 nitrogen and oxygen atoms in total. The number of nitrogens with one attached hydrogen (secondary N) is 1. The number of aliphatic carboxylic acids is 1. The fraction of sp³-hybridized carbons (Fsp3) is 0.417. The molecule has 0 aliphatic heterocycles. The van der Waals surface area contributed by atoms with Crippen molar-refractivity contribution >= 4 is 16.0 Å². The van der Waals surface area contributed by atoms with Gasteiger partial charge in [0.15, 0.2) is 11.6 Å².